The number of hydrogen-bond acceptors (Lipinski definition) is 1. The number of aryl methyl sites for hydroxylation is 1. The molecule has 0 atom stereocenters. The van der Waals surface area contributed by atoms with E-state index in [1.807, 2.05) is 19.2 Å². The van der Waals surface area contributed by atoms with Crippen LogP contribution in [0.25, 0.3) is 0 Å². The Hall–Kier alpha value is -1.79. The third-order valence-corrected chi connectivity index (χ3v) is 2.92. The van der Waals surface area contributed by atoms with Gasteiger partial charge in [-0.25, -0.2) is 9.18 Å². The first-order valence-corrected chi connectivity index (χ1v) is 6.52. The minimum Gasteiger partial charge on any atom is -0.338 e. The number of hydrogen-bond donors (Lipinski definition) is 2. The van der Waals surface area contributed by atoms with Gasteiger partial charge in [0.05, 0.1) is 12.1 Å². The van der Waals surface area contributed by atoms with Crippen LogP contribution in [0.2, 0.25) is 0 Å². The minimum atomic E-state index is -4.34. The van der Waals surface area contributed by atoms with Gasteiger partial charge >= 0.3 is 12.2 Å². The number of carbonyl (C=O) groups excluding carboxylic acids is 1. The van der Waals surface area contributed by atoms with Crippen LogP contribution in [-0.2, 0) is 0 Å². The molecule has 0 spiro atoms. The number of anilines is 1. The number of rotatable bonds is 4. The highest BCUT2D eigenvalue weighted by Gasteiger charge is 2.26. The van der Waals surface area contributed by atoms with Crippen molar-refractivity contribution < 1.29 is 22.4 Å². The second-order valence-electron chi connectivity index (χ2n) is 5.09. The van der Waals surface area contributed by atoms with E-state index in [2.05, 4.69) is 5.32 Å². The van der Waals surface area contributed by atoms with Crippen LogP contribution in [0.4, 0.5) is 28.0 Å². The predicted molar refractivity (Wildman–Crippen MR) is 72.9 cm³/mol. The number of amides is 2. The van der Waals surface area contributed by atoms with Crippen molar-refractivity contribution in [1.82, 2.24) is 5.32 Å². The second-order valence-corrected chi connectivity index (χ2v) is 5.09. The molecule has 0 fully saturated rings. The second kappa shape index (κ2) is 6.78. The van der Waals surface area contributed by atoms with Crippen LogP contribution in [-0.4, -0.2) is 18.8 Å². The van der Waals surface area contributed by atoms with Crippen molar-refractivity contribution in [2.45, 2.75) is 39.3 Å². The largest absolute Gasteiger partial charge is 0.390 e. The van der Waals surface area contributed by atoms with Crippen LogP contribution in [0.1, 0.15) is 37.3 Å². The average Bonchev–Trinajstić information content (AvgIpc) is 2.30. The van der Waals surface area contributed by atoms with Crippen LogP contribution in [0.5, 0.6) is 0 Å². The minimum absolute atomic E-state index is 0.0474. The lowest BCUT2D eigenvalue weighted by Crippen LogP contribution is -2.32. The van der Waals surface area contributed by atoms with Gasteiger partial charge in [-0.1, -0.05) is 13.8 Å². The smallest absolute Gasteiger partial charge is 0.338 e. The van der Waals surface area contributed by atoms with Crippen molar-refractivity contribution in [1.29, 1.82) is 0 Å². The van der Waals surface area contributed by atoms with Gasteiger partial charge < -0.3 is 10.6 Å². The first-order chi connectivity index (χ1) is 9.60. The third kappa shape index (κ3) is 5.61. The molecule has 0 aromatic heterocycles. The number of benzene rings is 1. The summed E-state index contributed by atoms with van der Waals surface area (Å²) in [4.78, 5) is 11.5. The SMILES string of the molecule is Cc1cc(F)c(NC(=O)NCCC(F)(F)F)cc1C(C)C. The zero-order valence-electron chi connectivity index (χ0n) is 12.1. The summed E-state index contributed by atoms with van der Waals surface area (Å²) in [5.41, 5.74) is 1.57. The van der Waals surface area contributed by atoms with Crippen LogP contribution >= 0.6 is 0 Å². The van der Waals surface area contributed by atoms with Gasteiger partial charge in [0.15, 0.2) is 0 Å². The molecule has 0 bridgehead atoms. The maximum Gasteiger partial charge on any atom is 0.390 e. The van der Waals surface area contributed by atoms with Gasteiger partial charge in [-0.05, 0) is 36.1 Å². The van der Waals surface area contributed by atoms with Gasteiger partial charge in [0.25, 0.3) is 0 Å². The summed E-state index contributed by atoms with van der Waals surface area (Å²) in [5.74, 6) is -0.484. The molecule has 0 aliphatic heterocycles. The molecule has 0 heterocycles. The molecule has 1 aromatic rings. The molecular weight excluding hydrogens is 288 g/mol. The lowest BCUT2D eigenvalue weighted by Gasteiger charge is -2.14. The summed E-state index contributed by atoms with van der Waals surface area (Å²) in [6.45, 7) is 5.05. The number of alkyl halides is 3. The Labute approximate surface area is 120 Å². The Balaban J connectivity index is 2.70. The zero-order chi connectivity index (χ0) is 16.2. The van der Waals surface area contributed by atoms with E-state index in [1.165, 1.54) is 12.1 Å². The Morgan fingerprint density at radius 2 is 1.90 bits per heavy atom. The molecule has 0 radical (unpaired) electrons. The molecule has 7 heteroatoms. The van der Waals surface area contributed by atoms with Crippen LogP contribution in [0.15, 0.2) is 12.1 Å². The van der Waals surface area contributed by atoms with E-state index >= 15 is 0 Å². The fourth-order valence-electron chi connectivity index (χ4n) is 1.89. The molecule has 0 unspecified atom stereocenters. The maximum absolute atomic E-state index is 13.7. The van der Waals surface area contributed by atoms with Crippen molar-refractivity contribution in [2.75, 3.05) is 11.9 Å². The van der Waals surface area contributed by atoms with E-state index in [0.717, 1.165) is 11.1 Å². The molecular formula is C14H18F4N2O. The highest BCUT2D eigenvalue weighted by molar-refractivity contribution is 5.89. The molecule has 2 N–H and O–H groups in total. The molecule has 118 valence electrons. The Morgan fingerprint density at radius 1 is 1.29 bits per heavy atom. The average molecular weight is 306 g/mol. The zero-order valence-corrected chi connectivity index (χ0v) is 12.1. The monoisotopic (exact) mass is 306 g/mol. The van der Waals surface area contributed by atoms with Crippen molar-refractivity contribution in [3.63, 3.8) is 0 Å². The van der Waals surface area contributed by atoms with Crippen molar-refractivity contribution >= 4 is 11.7 Å². The van der Waals surface area contributed by atoms with E-state index in [-0.39, 0.29) is 11.6 Å². The van der Waals surface area contributed by atoms with Crippen LogP contribution in [0.3, 0.4) is 0 Å². The standard InChI is InChI=1S/C14H18F4N2O/c1-8(2)10-7-12(11(15)6-9(10)3)20-13(21)19-5-4-14(16,17)18/h6-8H,4-5H2,1-3H3,(H2,19,20,21). The molecule has 3 nitrogen and oxygen atoms in total. The maximum atomic E-state index is 13.7. The van der Waals surface area contributed by atoms with E-state index in [4.69, 9.17) is 0 Å². The Kier molecular flexibility index (Phi) is 5.57. The van der Waals surface area contributed by atoms with Gasteiger partial charge in [0.2, 0.25) is 0 Å². The quantitative estimate of drug-likeness (QED) is 0.799. The number of nitrogens with one attached hydrogen (secondary N) is 2. The molecule has 0 aliphatic carbocycles. The third-order valence-electron chi connectivity index (χ3n) is 2.92. The van der Waals surface area contributed by atoms with Crippen molar-refractivity contribution in [3.8, 4) is 0 Å². The first-order valence-electron chi connectivity index (χ1n) is 6.52. The van der Waals surface area contributed by atoms with Gasteiger partial charge in [-0.15, -0.1) is 0 Å². The molecule has 0 saturated heterocycles. The van der Waals surface area contributed by atoms with Crippen molar-refractivity contribution in [2.24, 2.45) is 0 Å². The van der Waals surface area contributed by atoms with Crippen molar-refractivity contribution in [3.05, 3.63) is 29.1 Å². The predicted octanol–water partition coefficient (Wildman–Crippen LogP) is 4.33. The Bertz CT molecular complexity index is 512. The molecule has 1 rings (SSSR count). The summed E-state index contributed by atoms with van der Waals surface area (Å²) in [7, 11) is 0. The topological polar surface area (TPSA) is 41.1 Å². The summed E-state index contributed by atoms with van der Waals surface area (Å²) < 4.78 is 49.6. The van der Waals surface area contributed by atoms with Crippen LogP contribution in [0, 0.1) is 12.7 Å². The van der Waals surface area contributed by atoms with Gasteiger partial charge in [-0.2, -0.15) is 13.2 Å². The highest BCUT2D eigenvalue weighted by atomic mass is 19.4. The fraction of sp³-hybridized carbons (Fsp3) is 0.500. The van der Waals surface area contributed by atoms with Gasteiger partial charge in [0.1, 0.15) is 5.82 Å². The van der Waals surface area contributed by atoms with E-state index in [1.54, 1.807) is 6.92 Å². The number of urea groups is 1. The molecule has 0 saturated carbocycles. The van der Waals surface area contributed by atoms with Gasteiger partial charge in [-0.3, -0.25) is 0 Å². The molecule has 2 amide bonds. The summed E-state index contributed by atoms with van der Waals surface area (Å²) in [6, 6.07) is 1.93. The lowest BCUT2D eigenvalue weighted by molar-refractivity contribution is -0.132. The molecule has 21 heavy (non-hydrogen) atoms. The summed E-state index contributed by atoms with van der Waals surface area (Å²) in [6.07, 6.45) is -5.47. The fourth-order valence-corrected chi connectivity index (χ4v) is 1.89. The summed E-state index contributed by atoms with van der Waals surface area (Å²) >= 11 is 0. The van der Waals surface area contributed by atoms with Gasteiger partial charge in [0, 0.05) is 6.54 Å². The van der Waals surface area contributed by atoms with E-state index in [0.29, 0.717) is 0 Å². The highest BCUT2D eigenvalue weighted by Crippen LogP contribution is 2.25. The van der Waals surface area contributed by atoms with E-state index in [9.17, 15) is 22.4 Å². The Morgan fingerprint density at radius 3 is 2.43 bits per heavy atom. The molecule has 0 aliphatic rings. The lowest BCUT2D eigenvalue weighted by atomic mass is 9.97. The van der Waals surface area contributed by atoms with E-state index < -0.39 is 31.0 Å². The number of halogens is 4. The first kappa shape index (κ1) is 17.3. The normalized spacial score (nSPS) is 11.6. The summed E-state index contributed by atoms with van der Waals surface area (Å²) in [5, 5.41) is 4.27. The van der Waals surface area contributed by atoms with Crippen LogP contribution < -0.4 is 10.6 Å². The number of carbonyl (C=O) groups is 1. The molecule has 1 aromatic carbocycles.